The van der Waals surface area contributed by atoms with Crippen LogP contribution in [0.4, 0.5) is 4.79 Å². The highest BCUT2D eigenvalue weighted by atomic mass is 16.2. The van der Waals surface area contributed by atoms with Gasteiger partial charge in [0, 0.05) is 19.1 Å². The van der Waals surface area contributed by atoms with Crippen molar-refractivity contribution < 1.29 is 4.79 Å². The molecule has 2 rings (SSSR count). The molecular weight excluding hydrogens is 188 g/mol. The fourth-order valence-electron chi connectivity index (χ4n) is 2.50. The van der Waals surface area contributed by atoms with Crippen LogP contribution in [0.25, 0.3) is 0 Å². The summed E-state index contributed by atoms with van der Waals surface area (Å²) in [6.07, 6.45) is 4.65. The van der Waals surface area contributed by atoms with Gasteiger partial charge in [-0.3, -0.25) is 0 Å². The molecule has 2 amide bonds. The summed E-state index contributed by atoms with van der Waals surface area (Å²) in [5.74, 6) is 1.59. The molecule has 3 nitrogen and oxygen atoms in total. The van der Waals surface area contributed by atoms with Gasteiger partial charge < -0.3 is 10.2 Å². The molecule has 1 saturated heterocycles. The van der Waals surface area contributed by atoms with Crippen LogP contribution in [-0.2, 0) is 0 Å². The van der Waals surface area contributed by atoms with E-state index in [9.17, 15) is 4.79 Å². The van der Waals surface area contributed by atoms with E-state index in [-0.39, 0.29) is 6.03 Å². The smallest absolute Gasteiger partial charge is 0.317 e. The van der Waals surface area contributed by atoms with Gasteiger partial charge in [-0.15, -0.1) is 0 Å². The van der Waals surface area contributed by atoms with Crippen molar-refractivity contribution in [3.63, 3.8) is 0 Å². The third-order valence-electron chi connectivity index (χ3n) is 3.77. The zero-order valence-electron chi connectivity index (χ0n) is 9.83. The van der Waals surface area contributed by atoms with Crippen molar-refractivity contribution in [1.29, 1.82) is 0 Å². The van der Waals surface area contributed by atoms with Crippen LogP contribution in [0.5, 0.6) is 0 Å². The van der Waals surface area contributed by atoms with E-state index >= 15 is 0 Å². The number of piperidine rings is 1. The Balaban J connectivity index is 1.71. The van der Waals surface area contributed by atoms with Crippen molar-refractivity contribution in [3.8, 4) is 0 Å². The molecule has 0 spiro atoms. The minimum Gasteiger partial charge on any atom is -0.335 e. The quantitative estimate of drug-likeness (QED) is 0.707. The van der Waals surface area contributed by atoms with E-state index in [2.05, 4.69) is 19.2 Å². The van der Waals surface area contributed by atoms with Crippen molar-refractivity contribution in [1.82, 2.24) is 10.2 Å². The predicted molar refractivity (Wildman–Crippen MR) is 60.7 cm³/mol. The SMILES string of the molecule is CC1CCN(C(=O)NC2CC(C)C2)CC1. The van der Waals surface area contributed by atoms with Gasteiger partial charge in [0.1, 0.15) is 0 Å². The van der Waals surface area contributed by atoms with Crippen LogP contribution < -0.4 is 5.32 Å². The summed E-state index contributed by atoms with van der Waals surface area (Å²) in [5, 5.41) is 3.12. The van der Waals surface area contributed by atoms with E-state index in [0.29, 0.717) is 6.04 Å². The molecule has 1 heterocycles. The summed E-state index contributed by atoms with van der Waals surface area (Å²) in [7, 11) is 0. The van der Waals surface area contributed by atoms with Gasteiger partial charge in [-0.2, -0.15) is 0 Å². The molecule has 0 aromatic carbocycles. The molecule has 0 bridgehead atoms. The molecular formula is C12H22N2O. The van der Waals surface area contributed by atoms with E-state index in [0.717, 1.165) is 50.6 Å². The van der Waals surface area contributed by atoms with Gasteiger partial charge in [-0.05, 0) is 37.5 Å². The molecule has 0 aromatic heterocycles. The number of nitrogens with one attached hydrogen (secondary N) is 1. The maximum Gasteiger partial charge on any atom is 0.317 e. The Hall–Kier alpha value is -0.730. The molecule has 0 atom stereocenters. The predicted octanol–water partition coefficient (Wildman–Crippen LogP) is 2.23. The third-order valence-corrected chi connectivity index (χ3v) is 3.77. The Bertz CT molecular complexity index is 228. The highest BCUT2D eigenvalue weighted by Gasteiger charge is 2.29. The fourth-order valence-corrected chi connectivity index (χ4v) is 2.50. The lowest BCUT2D eigenvalue weighted by atomic mass is 9.82. The largest absolute Gasteiger partial charge is 0.335 e. The highest BCUT2D eigenvalue weighted by molar-refractivity contribution is 5.74. The fraction of sp³-hybridized carbons (Fsp3) is 0.917. The average molecular weight is 210 g/mol. The van der Waals surface area contributed by atoms with Gasteiger partial charge >= 0.3 is 6.03 Å². The Morgan fingerprint density at radius 3 is 2.27 bits per heavy atom. The number of likely N-dealkylation sites (tertiary alicyclic amines) is 1. The maximum absolute atomic E-state index is 11.8. The highest BCUT2D eigenvalue weighted by Crippen LogP contribution is 2.26. The summed E-state index contributed by atoms with van der Waals surface area (Å²) in [5.41, 5.74) is 0. The van der Waals surface area contributed by atoms with Gasteiger partial charge in [-0.25, -0.2) is 4.79 Å². The second kappa shape index (κ2) is 4.42. The molecule has 2 fully saturated rings. The molecule has 0 radical (unpaired) electrons. The van der Waals surface area contributed by atoms with Crippen molar-refractivity contribution in [3.05, 3.63) is 0 Å². The summed E-state index contributed by atoms with van der Waals surface area (Å²) < 4.78 is 0. The Morgan fingerprint density at radius 1 is 1.13 bits per heavy atom. The average Bonchev–Trinajstić information content (AvgIpc) is 2.16. The van der Waals surface area contributed by atoms with Crippen LogP contribution >= 0.6 is 0 Å². The van der Waals surface area contributed by atoms with E-state index < -0.39 is 0 Å². The lowest BCUT2D eigenvalue weighted by molar-refractivity contribution is 0.156. The first kappa shape index (κ1) is 10.8. The lowest BCUT2D eigenvalue weighted by Crippen LogP contribution is -2.51. The Labute approximate surface area is 92.2 Å². The van der Waals surface area contributed by atoms with Crippen molar-refractivity contribution in [2.24, 2.45) is 11.8 Å². The minimum atomic E-state index is 0.166. The topological polar surface area (TPSA) is 32.3 Å². The van der Waals surface area contributed by atoms with E-state index in [1.807, 2.05) is 4.90 Å². The van der Waals surface area contributed by atoms with Gasteiger partial charge in [0.05, 0.1) is 0 Å². The van der Waals surface area contributed by atoms with E-state index in [1.165, 1.54) is 0 Å². The summed E-state index contributed by atoms with van der Waals surface area (Å²) in [6.45, 7) is 6.39. The van der Waals surface area contributed by atoms with Crippen LogP contribution in [0.3, 0.4) is 0 Å². The van der Waals surface area contributed by atoms with Gasteiger partial charge in [0.25, 0.3) is 0 Å². The normalized spacial score (nSPS) is 32.3. The first-order valence-corrected chi connectivity index (χ1v) is 6.20. The zero-order chi connectivity index (χ0) is 10.8. The first-order valence-electron chi connectivity index (χ1n) is 6.20. The molecule has 0 aromatic rings. The van der Waals surface area contributed by atoms with Gasteiger partial charge in [0.2, 0.25) is 0 Å². The van der Waals surface area contributed by atoms with Crippen molar-refractivity contribution >= 4 is 6.03 Å². The number of hydrogen-bond donors (Lipinski definition) is 1. The van der Waals surface area contributed by atoms with Crippen LogP contribution in [0, 0.1) is 11.8 Å². The molecule has 1 aliphatic carbocycles. The molecule has 1 aliphatic heterocycles. The number of hydrogen-bond acceptors (Lipinski definition) is 1. The number of urea groups is 1. The molecule has 1 N–H and O–H groups in total. The summed E-state index contributed by atoms with van der Waals surface area (Å²) >= 11 is 0. The van der Waals surface area contributed by atoms with Crippen LogP contribution in [-0.4, -0.2) is 30.1 Å². The molecule has 0 unspecified atom stereocenters. The number of carbonyl (C=O) groups excluding carboxylic acids is 1. The van der Waals surface area contributed by atoms with Crippen molar-refractivity contribution in [2.75, 3.05) is 13.1 Å². The molecule has 3 heteroatoms. The van der Waals surface area contributed by atoms with Gasteiger partial charge in [0.15, 0.2) is 0 Å². The van der Waals surface area contributed by atoms with E-state index in [1.54, 1.807) is 0 Å². The molecule has 15 heavy (non-hydrogen) atoms. The number of carbonyl (C=O) groups is 1. The second-order valence-corrected chi connectivity index (χ2v) is 5.39. The lowest BCUT2D eigenvalue weighted by Gasteiger charge is -2.37. The van der Waals surface area contributed by atoms with Crippen molar-refractivity contribution in [2.45, 2.75) is 45.6 Å². The van der Waals surface area contributed by atoms with Gasteiger partial charge in [-0.1, -0.05) is 13.8 Å². The third kappa shape index (κ3) is 2.64. The first-order chi connectivity index (χ1) is 7.15. The Morgan fingerprint density at radius 2 is 1.73 bits per heavy atom. The number of rotatable bonds is 1. The maximum atomic E-state index is 11.8. The summed E-state index contributed by atoms with van der Waals surface area (Å²) in [6, 6.07) is 0.616. The van der Waals surface area contributed by atoms with Crippen LogP contribution in [0.1, 0.15) is 39.5 Å². The van der Waals surface area contributed by atoms with E-state index in [4.69, 9.17) is 0 Å². The molecule has 86 valence electrons. The number of nitrogens with zero attached hydrogens (tertiary/aromatic N) is 1. The molecule has 2 aliphatic rings. The second-order valence-electron chi connectivity index (χ2n) is 5.39. The van der Waals surface area contributed by atoms with Crippen LogP contribution in [0.2, 0.25) is 0 Å². The van der Waals surface area contributed by atoms with Crippen LogP contribution in [0.15, 0.2) is 0 Å². The zero-order valence-corrected chi connectivity index (χ0v) is 9.83. The standard InChI is InChI=1S/C12H22N2O/c1-9-3-5-14(6-4-9)12(15)13-11-7-10(2)8-11/h9-11H,3-8H2,1-2H3,(H,13,15). The minimum absolute atomic E-state index is 0.166. The molecule has 1 saturated carbocycles. The summed E-state index contributed by atoms with van der Waals surface area (Å²) in [4.78, 5) is 13.8. The number of amides is 2. The monoisotopic (exact) mass is 210 g/mol. The Kier molecular flexibility index (Phi) is 3.17.